The van der Waals surface area contributed by atoms with Crippen LogP contribution in [0.25, 0.3) is 0 Å². The first-order valence-corrected chi connectivity index (χ1v) is 8.73. The predicted octanol–water partition coefficient (Wildman–Crippen LogP) is 2.79. The van der Waals surface area contributed by atoms with Gasteiger partial charge < -0.3 is 24.5 Å². The Balaban J connectivity index is 1.62. The van der Waals surface area contributed by atoms with Crippen molar-refractivity contribution in [1.82, 2.24) is 10.2 Å². The molecule has 1 aliphatic heterocycles. The number of hydrogen-bond acceptors (Lipinski definition) is 5. The maximum Gasteiger partial charge on any atom is 0.319 e. The van der Waals surface area contributed by atoms with Gasteiger partial charge in [0.15, 0.2) is 0 Å². The molecule has 0 saturated carbocycles. The second-order valence-corrected chi connectivity index (χ2v) is 6.18. The number of anilines is 1. The smallest absolute Gasteiger partial charge is 0.319 e. The van der Waals surface area contributed by atoms with Crippen molar-refractivity contribution in [3.63, 3.8) is 0 Å². The summed E-state index contributed by atoms with van der Waals surface area (Å²) < 4.78 is 16.4. The lowest BCUT2D eigenvalue weighted by molar-refractivity contribution is 0.0122. The monoisotopic (exact) mass is 359 g/mol. The molecule has 7 nitrogen and oxygen atoms in total. The van der Waals surface area contributed by atoms with Crippen molar-refractivity contribution in [2.24, 2.45) is 0 Å². The molecule has 0 radical (unpaired) electrons. The third kappa shape index (κ3) is 4.77. The molecule has 0 aliphatic carbocycles. The molecule has 1 saturated heterocycles. The van der Waals surface area contributed by atoms with Crippen LogP contribution in [0.2, 0.25) is 0 Å². The fourth-order valence-electron chi connectivity index (χ4n) is 3.00. The zero-order valence-corrected chi connectivity index (χ0v) is 15.2. The number of methoxy groups -OCH3 is 1. The van der Waals surface area contributed by atoms with Gasteiger partial charge in [-0.05, 0) is 31.2 Å². The average molecular weight is 359 g/mol. The zero-order chi connectivity index (χ0) is 18.4. The summed E-state index contributed by atoms with van der Waals surface area (Å²) in [5.74, 6) is 2.41. The maximum atomic E-state index is 12.3. The third-order valence-corrected chi connectivity index (χ3v) is 4.36. The summed E-state index contributed by atoms with van der Waals surface area (Å²) in [6.45, 7) is 5.36. The van der Waals surface area contributed by atoms with E-state index in [0.29, 0.717) is 31.2 Å². The van der Waals surface area contributed by atoms with E-state index in [2.05, 4.69) is 15.5 Å². The molecule has 1 aliphatic rings. The number of furan rings is 1. The van der Waals surface area contributed by atoms with Gasteiger partial charge in [0.1, 0.15) is 17.3 Å². The van der Waals surface area contributed by atoms with E-state index in [-0.39, 0.29) is 12.1 Å². The highest BCUT2D eigenvalue weighted by Crippen LogP contribution is 2.23. The summed E-state index contributed by atoms with van der Waals surface area (Å²) in [7, 11) is 1.59. The second-order valence-electron chi connectivity index (χ2n) is 6.18. The van der Waals surface area contributed by atoms with E-state index in [1.807, 2.05) is 37.3 Å². The van der Waals surface area contributed by atoms with Crippen molar-refractivity contribution in [3.8, 4) is 5.75 Å². The number of urea groups is 1. The first-order valence-electron chi connectivity index (χ1n) is 8.73. The van der Waals surface area contributed by atoms with Crippen LogP contribution in [0.15, 0.2) is 40.8 Å². The van der Waals surface area contributed by atoms with Gasteiger partial charge in [-0.25, -0.2) is 4.79 Å². The molecule has 140 valence electrons. The quantitative estimate of drug-likeness (QED) is 0.829. The highest BCUT2D eigenvalue weighted by molar-refractivity contribution is 5.89. The van der Waals surface area contributed by atoms with Crippen LogP contribution < -0.4 is 15.4 Å². The number of aryl methyl sites for hydroxylation is 1. The van der Waals surface area contributed by atoms with Crippen LogP contribution in [-0.4, -0.2) is 50.9 Å². The number of hydrogen-bond donors (Lipinski definition) is 2. The summed E-state index contributed by atoms with van der Waals surface area (Å²) >= 11 is 0. The molecule has 2 aromatic rings. The molecular weight excluding hydrogens is 334 g/mol. The molecule has 0 spiro atoms. The average Bonchev–Trinajstić information content (AvgIpc) is 3.09. The van der Waals surface area contributed by atoms with Crippen LogP contribution in [-0.2, 0) is 4.74 Å². The van der Waals surface area contributed by atoms with Crippen LogP contribution >= 0.6 is 0 Å². The minimum atomic E-state index is -0.264. The molecule has 3 rings (SSSR count). The molecule has 2 N–H and O–H groups in total. The van der Waals surface area contributed by atoms with Crippen molar-refractivity contribution < 1.29 is 18.7 Å². The SMILES string of the molecule is COc1cccc(NC(=O)NCC(c2ccc(C)o2)N2CCOCC2)c1. The molecule has 0 bridgehead atoms. The fraction of sp³-hybridized carbons (Fsp3) is 0.421. The van der Waals surface area contributed by atoms with E-state index >= 15 is 0 Å². The van der Waals surface area contributed by atoms with E-state index in [9.17, 15) is 4.79 Å². The Hall–Kier alpha value is -2.51. The van der Waals surface area contributed by atoms with Gasteiger partial charge in [-0.3, -0.25) is 4.90 Å². The molecule has 2 amide bonds. The van der Waals surface area contributed by atoms with E-state index in [1.165, 1.54) is 0 Å². The van der Waals surface area contributed by atoms with Crippen molar-refractivity contribution >= 4 is 11.7 Å². The molecular formula is C19H25N3O4. The Bertz CT molecular complexity index is 725. The Kier molecular flexibility index (Phi) is 6.14. The van der Waals surface area contributed by atoms with Crippen molar-refractivity contribution in [1.29, 1.82) is 0 Å². The third-order valence-electron chi connectivity index (χ3n) is 4.36. The van der Waals surface area contributed by atoms with E-state index in [1.54, 1.807) is 13.2 Å². The predicted molar refractivity (Wildman–Crippen MR) is 98.6 cm³/mol. The highest BCUT2D eigenvalue weighted by Gasteiger charge is 2.25. The van der Waals surface area contributed by atoms with Gasteiger partial charge in [0, 0.05) is 31.4 Å². The summed E-state index contributed by atoms with van der Waals surface area (Å²) in [6, 6.07) is 10.9. The lowest BCUT2D eigenvalue weighted by Crippen LogP contribution is -2.44. The molecule has 1 aromatic carbocycles. The Morgan fingerprint density at radius 3 is 2.77 bits per heavy atom. The zero-order valence-electron chi connectivity index (χ0n) is 15.2. The Labute approximate surface area is 153 Å². The van der Waals surface area contributed by atoms with Crippen LogP contribution in [0.4, 0.5) is 10.5 Å². The molecule has 1 fully saturated rings. The number of nitrogens with one attached hydrogen (secondary N) is 2. The van der Waals surface area contributed by atoms with E-state index < -0.39 is 0 Å². The lowest BCUT2D eigenvalue weighted by atomic mass is 10.1. The molecule has 1 aromatic heterocycles. The number of rotatable bonds is 6. The molecule has 1 atom stereocenters. The standard InChI is InChI=1S/C19H25N3O4/c1-14-6-7-18(26-14)17(22-8-10-25-11-9-22)13-20-19(23)21-15-4-3-5-16(12-15)24-2/h3-7,12,17H,8-11,13H2,1-2H3,(H2,20,21,23). The minimum Gasteiger partial charge on any atom is -0.497 e. The molecule has 1 unspecified atom stereocenters. The highest BCUT2D eigenvalue weighted by atomic mass is 16.5. The van der Waals surface area contributed by atoms with Crippen LogP contribution in [0.3, 0.4) is 0 Å². The minimum absolute atomic E-state index is 0.0244. The Morgan fingerprint density at radius 1 is 1.27 bits per heavy atom. The van der Waals surface area contributed by atoms with Gasteiger partial charge in [-0.15, -0.1) is 0 Å². The normalized spacial score (nSPS) is 16.1. The van der Waals surface area contributed by atoms with Crippen molar-refractivity contribution in [2.45, 2.75) is 13.0 Å². The van der Waals surface area contributed by atoms with E-state index in [4.69, 9.17) is 13.9 Å². The van der Waals surface area contributed by atoms with E-state index in [0.717, 1.165) is 24.6 Å². The topological polar surface area (TPSA) is 76.0 Å². The molecule has 2 heterocycles. The first kappa shape index (κ1) is 18.3. The maximum absolute atomic E-state index is 12.3. The van der Waals surface area contributed by atoms with Crippen LogP contribution in [0.5, 0.6) is 5.75 Å². The van der Waals surface area contributed by atoms with Crippen molar-refractivity contribution in [2.75, 3.05) is 45.3 Å². The summed E-state index contributed by atoms with van der Waals surface area (Å²) in [5.41, 5.74) is 0.679. The lowest BCUT2D eigenvalue weighted by Gasteiger charge is -2.33. The first-order chi connectivity index (χ1) is 12.7. The largest absolute Gasteiger partial charge is 0.497 e. The van der Waals surface area contributed by atoms with Crippen LogP contribution in [0, 0.1) is 6.92 Å². The number of benzene rings is 1. The van der Waals surface area contributed by atoms with Gasteiger partial charge in [0.2, 0.25) is 0 Å². The molecule has 26 heavy (non-hydrogen) atoms. The van der Waals surface area contributed by atoms with Crippen LogP contribution in [0.1, 0.15) is 17.6 Å². The van der Waals surface area contributed by atoms with Gasteiger partial charge in [0.05, 0.1) is 26.4 Å². The number of ether oxygens (including phenoxy) is 2. The van der Waals surface area contributed by atoms with Crippen molar-refractivity contribution in [3.05, 3.63) is 47.9 Å². The Morgan fingerprint density at radius 2 is 2.08 bits per heavy atom. The number of carbonyl (C=O) groups is 1. The number of nitrogens with zero attached hydrogens (tertiary/aromatic N) is 1. The number of carbonyl (C=O) groups excluding carboxylic acids is 1. The summed E-state index contributed by atoms with van der Waals surface area (Å²) in [5, 5.41) is 5.77. The number of amides is 2. The number of morpholine rings is 1. The van der Waals surface area contributed by atoms with Gasteiger partial charge in [-0.2, -0.15) is 0 Å². The van der Waals surface area contributed by atoms with Gasteiger partial charge in [0.25, 0.3) is 0 Å². The fourth-order valence-corrected chi connectivity index (χ4v) is 3.00. The summed E-state index contributed by atoms with van der Waals surface area (Å²) in [6.07, 6.45) is 0. The summed E-state index contributed by atoms with van der Waals surface area (Å²) in [4.78, 5) is 14.6. The second kappa shape index (κ2) is 8.73. The van der Waals surface area contributed by atoms with Gasteiger partial charge in [-0.1, -0.05) is 6.07 Å². The molecule has 7 heteroatoms. The van der Waals surface area contributed by atoms with Gasteiger partial charge >= 0.3 is 6.03 Å².